The summed E-state index contributed by atoms with van der Waals surface area (Å²) < 4.78 is 0. The van der Waals surface area contributed by atoms with Crippen molar-refractivity contribution in [2.45, 2.75) is 26.8 Å². The normalized spacial score (nSPS) is 10.7. The van der Waals surface area contributed by atoms with Gasteiger partial charge >= 0.3 is 0 Å². The van der Waals surface area contributed by atoms with Crippen molar-refractivity contribution >= 4 is 17.2 Å². The van der Waals surface area contributed by atoms with Crippen LogP contribution in [0.4, 0.5) is 0 Å². The molecule has 0 aromatic carbocycles. The van der Waals surface area contributed by atoms with Gasteiger partial charge in [-0.05, 0) is 25.6 Å². The van der Waals surface area contributed by atoms with Gasteiger partial charge in [0.05, 0.1) is 10.7 Å². The van der Waals surface area contributed by atoms with Crippen LogP contribution in [0.3, 0.4) is 0 Å². The third-order valence-corrected chi connectivity index (χ3v) is 2.66. The number of nitrogens with zero attached hydrogens (tertiary/aromatic N) is 2. The van der Waals surface area contributed by atoms with Crippen LogP contribution in [0.5, 0.6) is 0 Å². The maximum atomic E-state index is 5.50. The topological polar surface area (TPSA) is 42.1 Å². The monoisotopic (exact) mass is 237 g/mol. The smallest absolute Gasteiger partial charge is 0.0740 e. The largest absolute Gasteiger partial charge is 0.393 e. The summed E-state index contributed by atoms with van der Waals surface area (Å²) in [5, 5.41) is 0. The Bertz CT molecular complexity index is 352. The molecule has 0 spiro atoms. The molecule has 1 rings (SSSR count). The Labute approximate surface area is 103 Å². The van der Waals surface area contributed by atoms with Gasteiger partial charge in [0.25, 0.3) is 0 Å². The second-order valence-corrected chi connectivity index (χ2v) is 4.38. The van der Waals surface area contributed by atoms with E-state index in [1.165, 1.54) is 0 Å². The zero-order chi connectivity index (χ0) is 12.0. The Balaban J connectivity index is 2.52. The van der Waals surface area contributed by atoms with Crippen LogP contribution in [-0.4, -0.2) is 28.0 Å². The Kier molecular flexibility index (Phi) is 5.35. The van der Waals surface area contributed by atoms with Gasteiger partial charge in [-0.2, -0.15) is 0 Å². The van der Waals surface area contributed by atoms with Crippen LogP contribution < -0.4 is 5.73 Å². The summed E-state index contributed by atoms with van der Waals surface area (Å²) in [5.74, 6) is 0. The van der Waals surface area contributed by atoms with E-state index in [1.807, 2.05) is 19.1 Å². The third-order valence-electron chi connectivity index (χ3n) is 2.45. The molecule has 0 atom stereocenters. The molecule has 16 heavy (non-hydrogen) atoms. The summed E-state index contributed by atoms with van der Waals surface area (Å²) in [5.41, 5.74) is 7.66. The minimum Gasteiger partial charge on any atom is -0.393 e. The van der Waals surface area contributed by atoms with Crippen LogP contribution >= 0.6 is 12.2 Å². The summed E-state index contributed by atoms with van der Waals surface area (Å²) in [4.78, 5) is 7.35. The van der Waals surface area contributed by atoms with Crippen LogP contribution in [-0.2, 0) is 6.54 Å². The van der Waals surface area contributed by atoms with Gasteiger partial charge in [0.15, 0.2) is 0 Å². The average Bonchev–Trinajstić information content (AvgIpc) is 2.24. The highest BCUT2D eigenvalue weighted by molar-refractivity contribution is 7.80. The van der Waals surface area contributed by atoms with Gasteiger partial charge < -0.3 is 5.73 Å². The van der Waals surface area contributed by atoms with Gasteiger partial charge in [0.2, 0.25) is 0 Å². The quantitative estimate of drug-likeness (QED) is 0.767. The number of nitrogens with two attached hydrogens (primary N) is 1. The SMILES string of the molecule is CCN(CCC(N)=S)Cc1cccc(C)n1. The molecular formula is C12H19N3S. The molecule has 0 aliphatic carbocycles. The molecule has 4 heteroatoms. The van der Waals surface area contributed by atoms with E-state index < -0.39 is 0 Å². The van der Waals surface area contributed by atoms with Crippen molar-refractivity contribution < 1.29 is 0 Å². The fourth-order valence-corrected chi connectivity index (χ4v) is 1.63. The maximum absolute atomic E-state index is 5.50. The number of thiocarbonyl (C=S) groups is 1. The van der Waals surface area contributed by atoms with E-state index in [0.29, 0.717) is 4.99 Å². The summed E-state index contributed by atoms with van der Waals surface area (Å²) in [6.45, 7) is 6.89. The average molecular weight is 237 g/mol. The highest BCUT2D eigenvalue weighted by atomic mass is 32.1. The van der Waals surface area contributed by atoms with Crippen molar-refractivity contribution in [3.8, 4) is 0 Å². The zero-order valence-corrected chi connectivity index (χ0v) is 10.8. The number of pyridine rings is 1. The first kappa shape index (κ1) is 13.1. The van der Waals surface area contributed by atoms with Gasteiger partial charge in [0.1, 0.15) is 0 Å². The molecule has 0 amide bonds. The molecule has 0 aliphatic heterocycles. The van der Waals surface area contributed by atoms with Crippen LogP contribution in [0.1, 0.15) is 24.7 Å². The van der Waals surface area contributed by atoms with Gasteiger partial charge in [-0.1, -0.05) is 25.2 Å². The fraction of sp³-hybridized carbons (Fsp3) is 0.500. The molecule has 0 aliphatic rings. The van der Waals surface area contributed by atoms with Crippen molar-refractivity contribution in [1.29, 1.82) is 0 Å². The van der Waals surface area contributed by atoms with E-state index in [2.05, 4.69) is 22.9 Å². The highest BCUT2D eigenvalue weighted by Crippen LogP contribution is 2.03. The van der Waals surface area contributed by atoms with E-state index >= 15 is 0 Å². The van der Waals surface area contributed by atoms with Crippen LogP contribution in [0.15, 0.2) is 18.2 Å². The van der Waals surface area contributed by atoms with Crippen LogP contribution in [0.2, 0.25) is 0 Å². The highest BCUT2D eigenvalue weighted by Gasteiger charge is 2.05. The Morgan fingerprint density at radius 3 is 2.81 bits per heavy atom. The predicted molar refractivity (Wildman–Crippen MR) is 71.3 cm³/mol. The van der Waals surface area contributed by atoms with Crippen molar-refractivity contribution in [2.24, 2.45) is 5.73 Å². The zero-order valence-electron chi connectivity index (χ0n) is 9.94. The third kappa shape index (κ3) is 4.68. The van der Waals surface area contributed by atoms with Gasteiger partial charge in [0, 0.05) is 25.2 Å². The maximum Gasteiger partial charge on any atom is 0.0740 e. The molecule has 0 bridgehead atoms. The molecule has 1 heterocycles. The lowest BCUT2D eigenvalue weighted by Crippen LogP contribution is -2.27. The summed E-state index contributed by atoms with van der Waals surface area (Å²) >= 11 is 4.88. The van der Waals surface area contributed by atoms with E-state index in [1.54, 1.807) is 0 Å². The van der Waals surface area contributed by atoms with Gasteiger partial charge in [-0.3, -0.25) is 9.88 Å². The molecule has 1 aromatic heterocycles. The van der Waals surface area contributed by atoms with E-state index in [9.17, 15) is 0 Å². The standard InChI is InChI=1S/C12H19N3S/c1-3-15(8-7-12(13)16)9-11-6-4-5-10(2)14-11/h4-6H,3,7-9H2,1-2H3,(H2,13,16). The molecule has 0 saturated carbocycles. The minimum absolute atomic E-state index is 0.579. The second-order valence-electron chi connectivity index (χ2n) is 3.86. The van der Waals surface area contributed by atoms with E-state index in [-0.39, 0.29) is 0 Å². The van der Waals surface area contributed by atoms with Gasteiger partial charge in [-0.25, -0.2) is 0 Å². The lowest BCUT2D eigenvalue weighted by atomic mass is 10.3. The van der Waals surface area contributed by atoms with E-state index in [4.69, 9.17) is 18.0 Å². The van der Waals surface area contributed by atoms with Crippen LogP contribution in [0, 0.1) is 6.92 Å². The molecule has 1 aromatic rings. The Morgan fingerprint density at radius 2 is 2.25 bits per heavy atom. The Morgan fingerprint density at radius 1 is 1.50 bits per heavy atom. The number of aromatic nitrogens is 1. The Hall–Kier alpha value is -1.00. The molecule has 0 radical (unpaired) electrons. The first-order valence-electron chi connectivity index (χ1n) is 5.55. The van der Waals surface area contributed by atoms with Crippen molar-refractivity contribution in [1.82, 2.24) is 9.88 Å². The molecule has 2 N–H and O–H groups in total. The van der Waals surface area contributed by atoms with Crippen LogP contribution in [0.25, 0.3) is 0 Å². The van der Waals surface area contributed by atoms with Gasteiger partial charge in [-0.15, -0.1) is 0 Å². The lowest BCUT2D eigenvalue weighted by Gasteiger charge is -2.19. The number of aryl methyl sites for hydroxylation is 1. The second kappa shape index (κ2) is 6.55. The predicted octanol–water partition coefficient (Wildman–Crippen LogP) is 1.89. The van der Waals surface area contributed by atoms with Crippen molar-refractivity contribution in [3.05, 3.63) is 29.6 Å². The minimum atomic E-state index is 0.579. The number of hydrogen-bond donors (Lipinski definition) is 1. The number of hydrogen-bond acceptors (Lipinski definition) is 3. The summed E-state index contributed by atoms with van der Waals surface area (Å²) in [6, 6.07) is 6.10. The first-order chi connectivity index (χ1) is 7.61. The molecule has 0 fully saturated rings. The molecule has 0 unspecified atom stereocenters. The fourth-order valence-electron chi connectivity index (χ4n) is 1.53. The lowest BCUT2D eigenvalue weighted by molar-refractivity contribution is 0.285. The molecular weight excluding hydrogens is 218 g/mol. The molecule has 0 saturated heterocycles. The van der Waals surface area contributed by atoms with E-state index in [0.717, 1.165) is 37.4 Å². The summed E-state index contributed by atoms with van der Waals surface area (Å²) in [7, 11) is 0. The van der Waals surface area contributed by atoms with Crippen molar-refractivity contribution in [2.75, 3.05) is 13.1 Å². The first-order valence-corrected chi connectivity index (χ1v) is 5.96. The van der Waals surface area contributed by atoms with Crippen molar-refractivity contribution in [3.63, 3.8) is 0 Å². The molecule has 3 nitrogen and oxygen atoms in total. The number of rotatable bonds is 6. The molecule has 88 valence electrons. The summed E-state index contributed by atoms with van der Waals surface area (Å²) in [6.07, 6.45) is 0.773.